The van der Waals surface area contributed by atoms with Crippen LogP contribution in [-0.2, 0) is 13.0 Å². The third-order valence-corrected chi connectivity index (χ3v) is 3.32. The maximum absolute atomic E-state index is 5.50. The molecule has 1 heterocycles. The number of aromatic nitrogens is 1. The van der Waals surface area contributed by atoms with Crippen LogP contribution in [0.2, 0.25) is 0 Å². The molecule has 0 aliphatic heterocycles. The smallest absolute Gasteiger partial charge is 0.170 e. The van der Waals surface area contributed by atoms with E-state index >= 15 is 0 Å². The fourth-order valence-electron chi connectivity index (χ4n) is 2.00. The first-order chi connectivity index (χ1) is 9.11. The number of nitrogens with one attached hydrogen (secondary N) is 1. The van der Waals surface area contributed by atoms with Crippen molar-refractivity contribution >= 4 is 0 Å². The average Bonchev–Trinajstić information content (AvgIpc) is 2.78. The van der Waals surface area contributed by atoms with Crippen molar-refractivity contribution in [3.63, 3.8) is 0 Å². The molecule has 2 aromatic rings. The van der Waals surface area contributed by atoms with Crippen LogP contribution >= 0.6 is 0 Å². The number of rotatable bonds is 5. The molecule has 0 fully saturated rings. The second-order valence-electron chi connectivity index (χ2n) is 5.17. The summed E-state index contributed by atoms with van der Waals surface area (Å²) < 4.78 is 5.50. The van der Waals surface area contributed by atoms with E-state index in [0.717, 1.165) is 35.5 Å². The van der Waals surface area contributed by atoms with Gasteiger partial charge in [-0.1, -0.05) is 50.2 Å². The number of aryl methyl sites for hydroxylation is 1. The molecule has 102 valence electrons. The van der Waals surface area contributed by atoms with Gasteiger partial charge in [-0.3, -0.25) is 0 Å². The fourth-order valence-corrected chi connectivity index (χ4v) is 2.00. The van der Waals surface area contributed by atoms with Gasteiger partial charge in [0.1, 0.15) is 5.69 Å². The van der Waals surface area contributed by atoms with Gasteiger partial charge in [0.25, 0.3) is 0 Å². The molecule has 0 saturated heterocycles. The highest BCUT2D eigenvalue weighted by atomic mass is 16.5. The van der Waals surface area contributed by atoms with Gasteiger partial charge in [-0.25, -0.2) is 0 Å². The Morgan fingerprint density at radius 3 is 2.47 bits per heavy atom. The summed E-state index contributed by atoms with van der Waals surface area (Å²) in [5.41, 5.74) is 4.54. The molecule has 0 aliphatic rings. The van der Waals surface area contributed by atoms with Crippen molar-refractivity contribution in [1.29, 1.82) is 0 Å². The van der Waals surface area contributed by atoms with Gasteiger partial charge >= 0.3 is 0 Å². The summed E-state index contributed by atoms with van der Waals surface area (Å²) >= 11 is 0. The molecule has 0 saturated carbocycles. The van der Waals surface area contributed by atoms with E-state index < -0.39 is 0 Å². The van der Waals surface area contributed by atoms with E-state index in [1.165, 1.54) is 5.56 Å². The first-order valence-corrected chi connectivity index (χ1v) is 6.89. The van der Waals surface area contributed by atoms with Crippen LogP contribution in [0, 0.1) is 6.92 Å². The van der Waals surface area contributed by atoms with Gasteiger partial charge in [0.05, 0.1) is 0 Å². The van der Waals surface area contributed by atoms with Gasteiger partial charge in [-0.2, -0.15) is 0 Å². The van der Waals surface area contributed by atoms with Crippen molar-refractivity contribution in [2.24, 2.45) is 0 Å². The van der Waals surface area contributed by atoms with Gasteiger partial charge in [0.2, 0.25) is 0 Å². The minimum absolute atomic E-state index is 0.448. The maximum Gasteiger partial charge on any atom is 0.170 e. The van der Waals surface area contributed by atoms with Crippen molar-refractivity contribution in [2.45, 2.75) is 46.7 Å². The Labute approximate surface area is 115 Å². The van der Waals surface area contributed by atoms with Gasteiger partial charge in [-0.15, -0.1) is 0 Å². The zero-order valence-electron chi connectivity index (χ0n) is 12.2. The molecule has 0 unspecified atom stereocenters. The third-order valence-electron chi connectivity index (χ3n) is 3.32. The van der Waals surface area contributed by atoms with Crippen molar-refractivity contribution in [3.8, 4) is 11.3 Å². The summed E-state index contributed by atoms with van der Waals surface area (Å²) in [7, 11) is 0. The molecule has 3 heteroatoms. The van der Waals surface area contributed by atoms with Crippen LogP contribution < -0.4 is 5.32 Å². The fraction of sp³-hybridized carbons (Fsp3) is 0.438. The Hall–Kier alpha value is -1.61. The van der Waals surface area contributed by atoms with Crippen molar-refractivity contribution in [2.75, 3.05) is 0 Å². The summed E-state index contributed by atoms with van der Waals surface area (Å²) in [6.07, 6.45) is 1.05. The van der Waals surface area contributed by atoms with Crippen molar-refractivity contribution in [3.05, 3.63) is 41.1 Å². The highest BCUT2D eigenvalue weighted by Gasteiger charge is 2.13. The number of hydrogen-bond acceptors (Lipinski definition) is 3. The zero-order chi connectivity index (χ0) is 13.8. The molecule has 1 aromatic heterocycles. The van der Waals surface area contributed by atoms with Crippen LogP contribution in [0.15, 0.2) is 28.8 Å². The summed E-state index contributed by atoms with van der Waals surface area (Å²) in [5.74, 6) is 0.878. The molecule has 3 nitrogen and oxygen atoms in total. The van der Waals surface area contributed by atoms with Crippen LogP contribution in [0.4, 0.5) is 0 Å². The van der Waals surface area contributed by atoms with Crippen LogP contribution in [0.3, 0.4) is 0 Å². The van der Waals surface area contributed by atoms with Crippen LogP contribution in [0.1, 0.15) is 37.6 Å². The SMILES string of the molecule is CCc1ccc(-c2onc(CNC(C)C)c2C)cc1. The van der Waals surface area contributed by atoms with E-state index in [1.54, 1.807) is 0 Å². The van der Waals surface area contributed by atoms with Gasteiger partial charge in [-0.05, 0) is 18.9 Å². The lowest BCUT2D eigenvalue weighted by Crippen LogP contribution is -2.22. The van der Waals surface area contributed by atoms with E-state index in [4.69, 9.17) is 4.52 Å². The van der Waals surface area contributed by atoms with Gasteiger partial charge < -0.3 is 9.84 Å². The first-order valence-electron chi connectivity index (χ1n) is 6.89. The van der Waals surface area contributed by atoms with Crippen LogP contribution in [-0.4, -0.2) is 11.2 Å². The molecular formula is C16H22N2O. The summed E-state index contributed by atoms with van der Waals surface area (Å²) in [6.45, 7) is 9.22. The molecule has 1 N–H and O–H groups in total. The molecule has 19 heavy (non-hydrogen) atoms. The number of hydrogen-bond donors (Lipinski definition) is 1. The van der Waals surface area contributed by atoms with Gasteiger partial charge in [0, 0.05) is 23.7 Å². The Morgan fingerprint density at radius 1 is 1.21 bits per heavy atom. The quantitative estimate of drug-likeness (QED) is 0.888. The summed E-state index contributed by atoms with van der Waals surface area (Å²) in [4.78, 5) is 0. The lowest BCUT2D eigenvalue weighted by Gasteiger charge is -2.05. The monoisotopic (exact) mass is 258 g/mol. The topological polar surface area (TPSA) is 38.1 Å². The molecule has 0 aliphatic carbocycles. The second-order valence-corrected chi connectivity index (χ2v) is 5.17. The zero-order valence-corrected chi connectivity index (χ0v) is 12.2. The molecule has 0 spiro atoms. The highest BCUT2D eigenvalue weighted by Crippen LogP contribution is 2.26. The molecular weight excluding hydrogens is 236 g/mol. The largest absolute Gasteiger partial charge is 0.356 e. The number of benzene rings is 1. The number of nitrogens with zero attached hydrogens (tertiary/aromatic N) is 1. The molecule has 2 rings (SSSR count). The van der Waals surface area contributed by atoms with E-state index in [0.29, 0.717) is 6.04 Å². The standard InChI is InChI=1S/C16H22N2O/c1-5-13-6-8-14(9-7-13)16-12(4)15(18-19-16)10-17-11(2)3/h6-9,11,17H,5,10H2,1-4H3. The third kappa shape index (κ3) is 3.24. The van der Waals surface area contributed by atoms with E-state index in [-0.39, 0.29) is 0 Å². The van der Waals surface area contributed by atoms with Crippen LogP contribution in [0.5, 0.6) is 0 Å². The molecule has 0 amide bonds. The highest BCUT2D eigenvalue weighted by molar-refractivity contribution is 5.62. The minimum atomic E-state index is 0.448. The Balaban J connectivity index is 2.20. The molecule has 0 bridgehead atoms. The Kier molecular flexibility index (Phi) is 4.38. The van der Waals surface area contributed by atoms with Crippen molar-refractivity contribution < 1.29 is 4.52 Å². The second kappa shape index (κ2) is 6.02. The van der Waals surface area contributed by atoms with Crippen LogP contribution in [0.25, 0.3) is 11.3 Å². The maximum atomic E-state index is 5.50. The minimum Gasteiger partial charge on any atom is -0.356 e. The molecule has 0 radical (unpaired) electrons. The van der Waals surface area contributed by atoms with E-state index in [2.05, 4.69) is 62.4 Å². The predicted molar refractivity (Wildman–Crippen MR) is 78.0 cm³/mol. The van der Waals surface area contributed by atoms with E-state index in [1.807, 2.05) is 0 Å². The van der Waals surface area contributed by atoms with Gasteiger partial charge in [0.15, 0.2) is 5.76 Å². The van der Waals surface area contributed by atoms with E-state index in [9.17, 15) is 0 Å². The molecule has 1 aromatic carbocycles. The average molecular weight is 258 g/mol. The molecule has 0 atom stereocenters. The summed E-state index contributed by atoms with van der Waals surface area (Å²) in [5, 5.41) is 7.53. The first kappa shape index (κ1) is 13.8. The van der Waals surface area contributed by atoms with Crippen molar-refractivity contribution in [1.82, 2.24) is 10.5 Å². The Morgan fingerprint density at radius 2 is 1.89 bits per heavy atom. The Bertz CT molecular complexity index is 526. The summed E-state index contributed by atoms with van der Waals surface area (Å²) in [6, 6.07) is 8.94. The lowest BCUT2D eigenvalue weighted by atomic mass is 10.0. The normalized spacial score (nSPS) is 11.2. The predicted octanol–water partition coefficient (Wildman–Crippen LogP) is 3.71. The lowest BCUT2D eigenvalue weighted by molar-refractivity contribution is 0.417.